The lowest BCUT2D eigenvalue weighted by molar-refractivity contribution is 0.747. The number of aryl methyl sites for hydroxylation is 1. The molecule has 0 aliphatic rings. The monoisotopic (exact) mass is 195 g/mol. The fourth-order valence-electron chi connectivity index (χ4n) is 1.09. The summed E-state index contributed by atoms with van der Waals surface area (Å²) in [7, 11) is 3.61. The fourth-order valence-corrected chi connectivity index (χ4v) is 1.09. The summed E-state index contributed by atoms with van der Waals surface area (Å²) < 4.78 is 0. The molecule has 0 amide bonds. The smallest absolute Gasteiger partial charge is 0.227 e. The van der Waals surface area contributed by atoms with Crippen molar-refractivity contribution < 1.29 is 0 Å². The quantitative estimate of drug-likeness (QED) is 0.741. The maximum absolute atomic E-state index is 4.26. The molecule has 0 saturated carbocycles. The lowest BCUT2D eigenvalue weighted by atomic mass is 10.2. The van der Waals surface area contributed by atoms with Crippen molar-refractivity contribution in [2.24, 2.45) is 0 Å². The van der Waals surface area contributed by atoms with Gasteiger partial charge in [-0.2, -0.15) is 15.0 Å². The number of nitrogens with zero attached hydrogens (tertiary/aromatic N) is 3. The van der Waals surface area contributed by atoms with Crippen molar-refractivity contribution in [3.8, 4) is 0 Å². The third-order valence-electron chi connectivity index (χ3n) is 1.88. The molecule has 14 heavy (non-hydrogen) atoms. The maximum atomic E-state index is 4.26. The molecule has 0 radical (unpaired) electrons. The van der Waals surface area contributed by atoms with Crippen LogP contribution >= 0.6 is 0 Å². The first-order valence-corrected chi connectivity index (χ1v) is 4.90. The van der Waals surface area contributed by atoms with E-state index in [-0.39, 0.29) is 0 Å². The van der Waals surface area contributed by atoms with Gasteiger partial charge in [0.05, 0.1) is 0 Å². The minimum atomic E-state index is 0.621. The molecule has 0 atom stereocenters. The zero-order chi connectivity index (χ0) is 10.4. The van der Waals surface area contributed by atoms with E-state index in [1.165, 1.54) is 0 Å². The highest BCUT2D eigenvalue weighted by molar-refractivity contribution is 5.33. The van der Waals surface area contributed by atoms with Gasteiger partial charge in [0.25, 0.3) is 0 Å². The van der Waals surface area contributed by atoms with Crippen molar-refractivity contribution in [3.63, 3.8) is 0 Å². The van der Waals surface area contributed by atoms with Gasteiger partial charge in [-0.25, -0.2) is 0 Å². The molecule has 0 unspecified atom stereocenters. The van der Waals surface area contributed by atoms with Crippen LogP contribution in [0.2, 0.25) is 0 Å². The van der Waals surface area contributed by atoms with E-state index in [1.54, 1.807) is 14.1 Å². The molecular weight excluding hydrogens is 178 g/mol. The summed E-state index contributed by atoms with van der Waals surface area (Å²) >= 11 is 0. The van der Waals surface area contributed by atoms with Gasteiger partial charge < -0.3 is 10.6 Å². The van der Waals surface area contributed by atoms with E-state index < -0.39 is 0 Å². The number of nitrogens with one attached hydrogen (secondary N) is 2. The summed E-state index contributed by atoms with van der Waals surface area (Å²) in [6.07, 6.45) is 3.16. The molecule has 1 rings (SSSR count). The first-order chi connectivity index (χ1) is 6.80. The first-order valence-electron chi connectivity index (χ1n) is 4.90. The van der Waals surface area contributed by atoms with E-state index in [1.807, 2.05) is 0 Å². The van der Waals surface area contributed by atoms with Crippen LogP contribution in [-0.4, -0.2) is 29.0 Å². The largest absolute Gasteiger partial charge is 0.357 e. The number of unbranched alkanes of at least 4 members (excludes halogenated alkanes) is 1. The Morgan fingerprint density at radius 3 is 2.00 bits per heavy atom. The van der Waals surface area contributed by atoms with Crippen molar-refractivity contribution in [3.05, 3.63) is 5.82 Å². The average Bonchev–Trinajstić information content (AvgIpc) is 2.25. The van der Waals surface area contributed by atoms with Crippen molar-refractivity contribution in [1.29, 1.82) is 0 Å². The molecule has 2 N–H and O–H groups in total. The number of hydrogen-bond donors (Lipinski definition) is 2. The molecule has 0 spiro atoms. The Labute approximate surface area is 84.4 Å². The van der Waals surface area contributed by atoms with Gasteiger partial charge in [-0.05, 0) is 6.42 Å². The highest BCUT2D eigenvalue weighted by Gasteiger charge is 2.03. The molecule has 78 valence electrons. The van der Waals surface area contributed by atoms with E-state index >= 15 is 0 Å². The Kier molecular flexibility index (Phi) is 4.10. The Hall–Kier alpha value is -1.39. The summed E-state index contributed by atoms with van der Waals surface area (Å²) in [5.41, 5.74) is 0. The van der Waals surface area contributed by atoms with E-state index in [9.17, 15) is 0 Å². The minimum absolute atomic E-state index is 0.621. The summed E-state index contributed by atoms with van der Waals surface area (Å²) in [5.74, 6) is 2.08. The molecule has 0 saturated heterocycles. The van der Waals surface area contributed by atoms with Gasteiger partial charge in [-0.3, -0.25) is 0 Å². The highest BCUT2D eigenvalue weighted by Crippen LogP contribution is 2.06. The third-order valence-corrected chi connectivity index (χ3v) is 1.88. The van der Waals surface area contributed by atoms with Gasteiger partial charge in [0.1, 0.15) is 5.82 Å². The van der Waals surface area contributed by atoms with Crippen LogP contribution in [0.1, 0.15) is 25.6 Å². The van der Waals surface area contributed by atoms with Crippen LogP contribution < -0.4 is 10.6 Å². The molecule has 1 aromatic heterocycles. The van der Waals surface area contributed by atoms with Gasteiger partial charge in [0.2, 0.25) is 11.9 Å². The van der Waals surface area contributed by atoms with Gasteiger partial charge in [-0.15, -0.1) is 0 Å². The fraction of sp³-hybridized carbons (Fsp3) is 0.667. The lowest BCUT2D eigenvalue weighted by Gasteiger charge is -2.05. The molecule has 0 bridgehead atoms. The molecule has 0 aliphatic heterocycles. The molecule has 5 heteroatoms. The van der Waals surface area contributed by atoms with Crippen LogP contribution in [0.15, 0.2) is 0 Å². The molecule has 0 fully saturated rings. The first kappa shape index (κ1) is 10.7. The predicted octanol–water partition coefficient (Wildman–Crippen LogP) is 1.30. The van der Waals surface area contributed by atoms with Gasteiger partial charge in [-0.1, -0.05) is 13.3 Å². The van der Waals surface area contributed by atoms with Crippen molar-refractivity contribution >= 4 is 11.9 Å². The Morgan fingerprint density at radius 2 is 1.57 bits per heavy atom. The molecular formula is C9H17N5. The Balaban J connectivity index is 2.81. The second kappa shape index (κ2) is 5.36. The SMILES string of the molecule is CCCCc1nc(NC)nc(NC)n1. The van der Waals surface area contributed by atoms with Gasteiger partial charge in [0, 0.05) is 20.5 Å². The van der Waals surface area contributed by atoms with E-state index in [4.69, 9.17) is 0 Å². The zero-order valence-corrected chi connectivity index (χ0v) is 8.96. The summed E-state index contributed by atoms with van der Waals surface area (Å²) in [6, 6.07) is 0. The predicted molar refractivity (Wildman–Crippen MR) is 57.5 cm³/mol. The number of anilines is 2. The summed E-state index contributed by atoms with van der Waals surface area (Å²) in [4.78, 5) is 12.7. The van der Waals surface area contributed by atoms with Crippen LogP contribution in [0.4, 0.5) is 11.9 Å². The zero-order valence-electron chi connectivity index (χ0n) is 8.96. The van der Waals surface area contributed by atoms with Gasteiger partial charge in [0.15, 0.2) is 0 Å². The number of hydrogen-bond acceptors (Lipinski definition) is 5. The standard InChI is InChI=1S/C9H17N5/c1-4-5-6-7-12-8(10-2)14-9(11-3)13-7/h4-6H2,1-3H3,(H2,10,11,12,13,14). The van der Waals surface area contributed by atoms with Gasteiger partial charge >= 0.3 is 0 Å². The normalized spacial score (nSPS) is 9.93. The average molecular weight is 195 g/mol. The van der Waals surface area contributed by atoms with Crippen molar-refractivity contribution in [2.75, 3.05) is 24.7 Å². The number of aromatic nitrogens is 3. The second-order valence-corrected chi connectivity index (χ2v) is 3.00. The van der Waals surface area contributed by atoms with Crippen LogP contribution in [-0.2, 0) is 6.42 Å². The van der Waals surface area contributed by atoms with Crippen LogP contribution in [0, 0.1) is 0 Å². The Bertz CT molecular complexity index is 264. The van der Waals surface area contributed by atoms with Crippen LogP contribution in [0.3, 0.4) is 0 Å². The molecule has 0 aliphatic carbocycles. The molecule has 1 aromatic rings. The second-order valence-electron chi connectivity index (χ2n) is 3.00. The summed E-state index contributed by atoms with van der Waals surface area (Å²) in [6.45, 7) is 2.15. The molecule has 1 heterocycles. The van der Waals surface area contributed by atoms with E-state index in [2.05, 4.69) is 32.5 Å². The molecule has 5 nitrogen and oxygen atoms in total. The third kappa shape index (κ3) is 2.83. The lowest BCUT2D eigenvalue weighted by Crippen LogP contribution is -2.07. The topological polar surface area (TPSA) is 62.7 Å². The maximum Gasteiger partial charge on any atom is 0.227 e. The molecule has 0 aromatic carbocycles. The van der Waals surface area contributed by atoms with E-state index in [0.717, 1.165) is 25.1 Å². The minimum Gasteiger partial charge on any atom is -0.357 e. The van der Waals surface area contributed by atoms with Crippen molar-refractivity contribution in [1.82, 2.24) is 15.0 Å². The summed E-state index contributed by atoms with van der Waals surface area (Å²) in [5, 5.41) is 5.83. The highest BCUT2D eigenvalue weighted by atomic mass is 15.2. The van der Waals surface area contributed by atoms with Crippen LogP contribution in [0.5, 0.6) is 0 Å². The Morgan fingerprint density at radius 1 is 1.00 bits per heavy atom. The number of rotatable bonds is 5. The van der Waals surface area contributed by atoms with Crippen LogP contribution in [0.25, 0.3) is 0 Å². The van der Waals surface area contributed by atoms with E-state index in [0.29, 0.717) is 11.9 Å². The van der Waals surface area contributed by atoms with Crippen molar-refractivity contribution in [2.45, 2.75) is 26.2 Å².